The molecule has 1 rings (SSSR count). The lowest BCUT2D eigenvalue weighted by Crippen LogP contribution is -2.05. The second-order valence-electron chi connectivity index (χ2n) is 3.06. The monoisotopic (exact) mass is 183 g/mol. The first-order valence-electron chi connectivity index (χ1n) is 4.26. The Morgan fingerprint density at radius 1 is 1.38 bits per heavy atom. The zero-order chi connectivity index (χ0) is 9.68. The maximum atomic E-state index is 12.7. The third-order valence-corrected chi connectivity index (χ3v) is 1.86. The van der Waals surface area contributed by atoms with E-state index in [4.69, 9.17) is 5.90 Å². The van der Waals surface area contributed by atoms with E-state index in [1.807, 2.05) is 24.3 Å². The molecule has 1 aromatic carbocycles. The lowest BCUT2D eigenvalue weighted by Gasteiger charge is -2.08. The average Bonchev–Trinajstić information content (AvgIpc) is 2.08. The van der Waals surface area contributed by atoms with Crippen molar-refractivity contribution in [1.29, 1.82) is 0 Å². The SMILES string of the molecule is CC(F)Cc1ccccc1CON. The van der Waals surface area contributed by atoms with Gasteiger partial charge in [0, 0.05) is 6.42 Å². The average molecular weight is 183 g/mol. The highest BCUT2D eigenvalue weighted by atomic mass is 19.1. The molecule has 0 fully saturated rings. The van der Waals surface area contributed by atoms with Crippen molar-refractivity contribution in [3.63, 3.8) is 0 Å². The van der Waals surface area contributed by atoms with Gasteiger partial charge in [-0.2, -0.15) is 0 Å². The van der Waals surface area contributed by atoms with Crippen molar-refractivity contribution >= 4 is 0 Å². The molecule has 1 unspecified atom stereocenters. The third kappa shape index (κ3) is 3.13. The highest BCUT2D eigenvalue weighted by Crippen LogP contribution is 2.12. The number of hydrogen-bond donors (Lipinski definition) is 1. The molecule has 1 aromatic rings. The summed E-state index contributed by atoms with van der Waals surface area (Å²) >= 11 is 0. The van der Waals surface area contributed by atoms with Crippen LogP contribution < -0.4 is 5.90 Å². The molecule has 2 N–H and O–H groups in total. The first-order chi connectivity index (χ1) is 6.24. The summed E-state index contributed by atoms with van der Waals surface area (Å²) in [5.41, 5.74) is 1.91. The van der Waals surface area contributed by atoms with E-state index in [0.717, 1.165) is 11.1 Å². The summed E-state index contributed by atoms with van der Waals surface area (Å²) in [6.45, 7) is 1.88. The van der Waals surface area contributed by atoms with Gasteiger partial charge in [-0.1, -0.05) is 24.3 Å². The van der Waals surface area contributed by atoms with Crippen molar-refractivity contribution in [3.05, 3.63) is 35.4 Å². The Hall–Kier alpha value is -0.930. The predicted molar refractivity (Wildman–Crippen MR) is 49.7 cm³/mol. The molecule has 2 nitrogen and oxygen atoms in total. The molecule has 0 aliphatic heterocycles. The molecule has 0 bridgehead atoms. The van der Waals surface area contributed by atoms with E-state index in [9.17, 15) is 4.39 Å². The number of nitrogens with two attached hydrogens (primary N) is 1. The molecule has 72 valence electrons. The molecule has 0 aliphatic carbocycles. The minimum atomic E-state index is -0.834. The molecule has 0 aliphatic rings. The number of rotatable bonds is 4. The van der Waals surface area contributed by atoms with E-state index in [1.54, 1.807) is 6.92 Å². The van der Waals surface area contributed by atoms with Crippen LogP contribution in [0.4, 0.5) is 4.39 Å². The molecular weight excluding hydrogens is 169 g/mol. The third-order valence-electron chi connectivity index (χ3n) is 1.86. The highest BCUT2D eigenvalue weighted by molar-refractivity contribution is 5.26. The summed E-state index contributed by atoms with van der Waals surface area (Å²) < 4.78 is 12.7. The summed E-state index contributed by atoms with van der Waals surface area (Å²) in [6.07, 6.45) is -0.418. The fourth-order valence-electron chi connectivity index (χ4n) is 1.29. The minimum Gasteiger partial charge on any atom is -0.300 e. The van der Waals surface area contributed by atoms with Crippen molar-refractivity contribution < 1.29 is 9.23 Å². The summed E-state index contributed by atoms with van der Waals surface area (Å²) in [5, 5.41) is 0. The molecule has 0 spiro atoms. The van der Waals surface area contributed by atoms with Crippen molar-refractivity contribution in [2.24, 2.45) is 5.90 Å². The molecule has 3 heteroatoms. The molecular formula is C10H14FNO. The summed E-state index contributed by atoms with van der Waals surface area (Å²) in [4.78, 5) is 4.53. The lowest BCUT2D eigenvalue weighted by molar-refractivity contribution is 0.123. The van der Waals surface area contributed by atoms with Gasteiger partial charge in [0.2, 0.25) is 0 Å². The summed E-state index contributed by atoms with van der Waals surface area (Å²) in [7, 11) is 0. The zero-order valence-corrected chi connectivity index (χ0v) is 7.66. The number of hydrogen-bond acceptors (Lipinski definition) is 2. The first kappa shape index (κ1) is 10.2. The van der Waals surface area contributed by atoms with Crippen LogP contribution in [0, 0.1) is 0 Å². The van der Waals surface area contributed by atoms with Crippen LogP contribution >= 0.6 is 0 Å². The van der Waals surface area contributed by atoms with Crippen molar-refractivity contribution in [3.8, 4) is 0 Å². The number of benzene rings is 1. The Bertz CT molecular complexity index is 263. The van der Waals surface area contributed by atoms with Crippen molar-refractivity contribution in [2.75, 3.05) is 0 Å². The molecule has 0 amide bonds. The topological polar surface area (TPSA) is 35.2 Å². The van der Waals surface area contributed by atoms with E-state index < -0.39 is 6.17 Å². The molecule has 13 heavy (non-hydrogen) atoms. The quantitative estimate of drug-likeness (QED) is 0.724. The smallest absolute Gasteiger partial charge is 0.101 e. The van der Waals surface area contributed by atoms with Gasteiger partial charge in [0.05, 0.1) is 6.61 Å². The summed E-state index contributed by atoms with van der Waals surface area (Å²) in [6, 6.07) is 7.56. The number of halogens is 1. The van der Waals surface area contributed by atoms with Gasteiger partial charge in [0.25, 0.3) is 0 Å². The number of alkyl halides is 1. The maximum absolute atomic E-state index is 12.7. The normalized spacial score (nSPS) is 12.8. The van der Waals surface area contributed by atoms with Crippen molar-refractivity contribution in [2.45, 2.75) is 26.1 Å². The molecule has 0 aromatic heterocycles. The van der Waals surface area contributed by atoms with Crippen LogP contribution in [0.25, 0.3) is 0 Å². The van der Waals surface area contributed by atoms with Crippen LogP contribution in [0.15, 0.2) is 24.3 Å². The van der Waals surface area contributed by atoms with E-state index in [1.165, 1.54) is 0 Å². The Labute approximate surface area is 77.5 Å². The van der Waals surface area contributed by atoms with E-state index in [0.29, 0.717) is 13.0 Å². The van der Waals surface area contributed by atoms with Crippen LogP contribution in [-0.4, -0.2) is 6.17 Å². The minimum absolute atomic E-state index is 0.336. The maximum Gasteiger partial charge on any atom is 0.101 e. The van der Waals surface area contributed by atoms with Crippen molar-refractivity contribution in [1.82, 2.24) is 0 Å². The highest BCUT2D eigenvalue weighted by Gasteiger charge is 2.05. The van der Waals surface area contributed by atoms with Gasteiger partial charge in [0.15, 0.2) is 0 Å². The second-order valence-corrected chi connectivity index (χ2v) is 3.06. The Kier molecular flexibility index (Phi) is 3.86. The van der Waals surface area contributed by atoms with Gasteiger partial charge in [-0.15, -0.1) is 0 Å². The van der Waals surface area contributed by atoms with Gasteiger partial charge >= 0.3 is 0 Å². The van der Waals surface area contributed by atoms with Crippen LogP contribution in [0.5, 0.6) is 0 Å². The fraction of sp³-hybridized carbons (Fsp3) is 0.400. The van der Waals surface area contributed by atoms with E-state index in [-0.39, 0.29) is 0 Å². The van der Waals surface area contributed by atoms with Gasteiger partial charge in [-0.3, -0.25) is 4.84 Å². The standard InChI is InChI=1S/C10H14FNO/c1-8(11)6-9-4-2-3-5-10(9)7-13-12/h2-5,8H,6-7,12H2,1H3. The fourth-order valence-corrected chi connectivity index (χ4v) is 1.29. The molecule has 0 radical (unpaired) electrons. The Morgan fingerprint density at radius 3 is 2.54 bits per heavy atom. The Morgan fingerprint density at radius 2 is 2.00 bits per heavy atom. The van der Waals surface area contributed by atoms with Crippen LogP contribution in [0.1, 0.15) is 18.1 Å². The Balaban J connectivity index is 2.78. The van der Waals surface area contributed by atoms with Gasteiger partial charge < -0.3 is 0 Å². The van der Waals surface area contributed by atoms with Gasteiger partial charge in [0.1, 0.15) is 6.17 Å². The first-order valence-corrected chi connectivity index (χ1v) is 4.26. The zero-order valence-electron chi connectivity index (χ0n) is 7.66. The van der Waals surface area contributed by atoms with Gasteiger partial charge in [-0.25, -0.2) is 10.3 Å². The molecule has 0 saturated carbocycles. The lowest BCUT2D eigenvalue weighted by atomic mass is 10.0. The largest absolute Gasteiger partial charge is 0.300 e. The van der Waals surface area contributed by atoms with Crippen LogP contribution in [0.3, 0.4) is 0 Å². The predicted octanol–water partition coefficient (Wildman–Crippen LogP) is 1.98. The van der Waals surface area contributed by atoms with E-state index in [2.05, 4.69) is 4.84 Å². The van der Waals surface area contributed by atoms with Gasteiger partial charge in [-0.05, 0) is 18.1 Å². The summed E-state index contributed by atoms with van der Waals surface area (Å²) in [5.74, 6) is 4.97. The van der Waals surface area contributed by atoms with Crippen LogP contribution in [0.2, 0.25) is 0 Å². The van der Waals surface area contributed by atoms with E-state index >= 15 is 0 Å². The molecule has 0 saturated heterocycles. The second kappa shape index (κ2) is 4.94. The molecule has 0 heterocycles. The molecule has 1 atom stereocenters. The van der Waals surface area contributed by atoms with Crippen LogP contribution in [-0.2, 0) is 17.9 Å².